The van der Waals surface area contributed by atoms with Crippen LogP contribution in [0, 0.1) is 0 Å². The van der Waals surface area contributed by atoms with Crippen LogP contribution >= 0.6 is 0 Å². The van der Waals surface area contributed by atoms with Crippen LogP contribution in [0.3, 0.4) is 0 Å². The molecule has 1 fully saturated rings. The van der Waals surface area contributed by atoms with E-state index in [0.717, 1.165) is 50.9 Å². The van der Waals surface area contributed by atoms with Crippen molar-refractivity contribution in [2.45, 2.75) is 57.7 Å². The summed E-state index contributed by atoms with van der Waals surface area (Å²) in [6, 6.07) is 7.61. The van der Waals surface area contributed by atoms with Crippen molar-refractivity contribution < 1.29 is 15.0 Å². The normalized spacial score (nSPS) is 19.0. The molecule has 0 saturated carbocycles. The Morgan fingerprint density at radius 1 is 1.40 bits per heavy atom. The van der Waals surface area contributed by atoms with E-state index in [1.54, 1.807) is 13.8 Å². The lowest BCUT2D eigenvalue weighted by molar-refractivity contribution is 0.0697. The molecule has 1 saturated heterocycles. The lowest BCUT2D eigenvalue weighted by atomic mass is 9.98. The Morgan fingerprint density at radius 3 is 2.92 bits per heavy atom. The van der Waals surface area contributed by atoms with Crippen LogP contribution < -0.4 is 5.32 Å². The fourth-order valence-corrected chi connectivity index (χ4v) is 3.16. The highest BCUT2D eigenvalue weighted by atomic mass is 16.3. The van der Waals surface area contributed by atoms with E-state index < -0.39 is 5.60 Å². The van der Waals surface area contributed by atoms with E-state index in [1.165, 1.54) is 0 Å². The summed E-state index contributed by atoms with van der Waals surface area (Å²) in [5.74, 6) is -0.0520. The number of likely N-dealkylation sites (tertiary alicyclic amines) is 1. The Bertz CT molecular complexity index is 554. The third-order valence-electron chi connectivity index (χ3n) is 4.63. The highest BCUT2D eigenvalue weighted by molar-refractivity contribution is 5.94. The molecule has 1 amide bonds. The van der Waals surface area contributed by atoms with Crippen LogP contribution in [0.15, 0.2) is 24.3 Å². The SMILES string of the molecule is CC(C)(O)CCc1cccc(C(=O)NCCCN2CCC[C@@H](O)C2)c1. The number of aliphatic hydroxyl groups is 2. The number of hydrogen-bond donors (Lipinski definition) is 3. The second-order valence-corrected chi connectivity index (χ2v) is 7.72. The predicted molar refractivity (Wildman–Crippen MR) is 99.7 cm³/mol. The summed E-state index contributed by atoms with van der Waals surface area (Å²) < 4.78 is 0. The van der Waals surface area contributed by atoms with E-state index in [-0.39, 0.29) is 12.0 Å². The maximum atomic E-state index is 12.3. The smallest absolute Gasteiger partial charge is 0.251 e. The molecule has 25 heavy (non-hydrogen) atoms. The number of carbonyl (C=O) groups is 1. The fourth-order valence-electron chi connectivity index (χ4n) is 3.16. The van der Waals surface area contributed by atoms with Crippen LogP contribution in [0.2, 0.25) is 0 Å². The van der Waals surface area contributed by atoms with Crippen molar-refractivity contribution in [2.75, 3.05) is 26.2 Å². The van der Waals surface area contributed by atoms with Gasteiger partial charge in [0.1, 0.15) is 0 Å². The molecular formula is C20H32N2O3. The van der Waals surface area contributed by atoms with E-state index in [1.807, 2.05) is 24.3 Å². The van der Waals surface area contributed by atoms with Gasteiger partial charge in [0.05, 0.1) is 11.7 Å². The Labute approximate surface area is 151 Å². The predicted octanol–water partition coefficient (Wildman–Crippen LogP) is 1.97. The molecule has 0 unspecified atom stereocenters. The summed E-state index contributed by atoms with van der Waals surface area (Å²) in [5, 5.41) is 22.5. The van der Waals surface area contributed by atoms with E-state index in [0.29, 0.717) is 18.5 Å². The molecule has 1 aliphatic rings. The lowest BCUT2D eigenvalue weighted by Gasteiger charge is -2.29. The number of β-amino-alcohol motifs (C(OH)–C–C–N with tert-alkyl or cyclic N) is 1. The van der Waals surface area contributed by atoms with Gasteiger partial charge in [-0.1, -0.05) is 12.1 Å². The van der Waals surface area contributed by atoms with Crippen LogP contribution in [0.1, 0.15) is 55.5 Å². The molecule has 0 radical (unpaired) electrons. The molecule has 0 bridgehead atoms. The van der Waals surface area contributed by atoms with Gasteiger partial charge in [-0.25, -0.2) is 0 Å². The van der Waals surface area contributed by atoms with Gasteiger partial charge in [0.15, 0.2) is 0 Å². The van der Waals surface area contributed by atoms with Gasteiger partial charge in [-0.3, -0.25) is 4.79 Å². The van der Waals surface area contributed by atoms with Crippen LogP contribution in [-0.4, -0.2) is 58.9 Å². The first-order chi connectivity index (χ1) is 11.8. The van der Waals surface area contributed by atoms with Crippen molar-refractivity contribution in [1.82, 2.24) is 10.2 Å². The molecule has 1 heterocycles. The molecule has 1 aromatic rings. The average molecular weight is 348 g/mol. The number of rotatable bonds is 8. The first kappa shape index (κ1) is 19.9. The fraction of sp³-hybridized carbons (Fsp3) is 0.650. The number of aryl methyl sites for hydroxylation is 1. The highest BCUT2D eigenvalue weighted by Crippen LogP contribution is 2.14. The molecule has 140 valence electrons. The van der Waals surface area contributed by atoms with Gasteiger partial charge in [-0.15, -0.1) is 0 Å². The molecule has 0 aliphatic carbocycles. The van der Waals surface area contributed by atoms with E-state index in [2.05, 4.69) is 10.2 Å². The van der Waals surface area contributed by atoms with Crippen molar-refractivity contribution in [1.29, 1.82) is 0 Å². The summed E-state index contributed by atoms with van der Waals surface area (Å²) >= 11 is 0. The summed E-state index contributed by atoms with van der Waals surface area (Å²) in [4.78, 5) is 14.5. The molecule has 0 aromatic heterocycles. The van der Waals surface area contributed by atoms with Crippen LogP contribution in [0.4, 0.5) is 0 Å². The largest absolute Gasteiger partial charge is 0.392 e. The maximum Gasteiger partial charge on any atom is 0.251 e. The lowest BCUT2D eigenvalue weighted by Crippen LogP contribution is -2.39. The van der Waals surface area contributed by atoms with E-state index >= 15 is 0 Å². The van der Waals surface area contributed by atoms with Crippen LogP contribution in [0.5, 0.6) is 0 Å². The summed E-state index contributed by atoms with van der Waals surface area (Å²) in [6.07, 6.45) is 4.05. The standard InChI is InChI=1S/C20H32N2O3/c1-20(2,25)10-9-16-6-3-7-17(14-16)19(24)21-11-5-13-22-12-4-8-18(23)15-22/h3,6-7,14,18,23,25H,4-5,8-13,15H2,1-2H3,(H,21,24)/t18-/m1/s1. The number of amides is 1. The summed E-state index contributed by atoms with van der Waals surface area (Å²) in [6.45, 7) is 6.92. The van der Waals surface area contributed by atoms with Crippen molar-refractivity contribution in [2.24, 2.45) is 0 Å². The van der Waals surface area contributed by atoms with E-state index in [4.69, 9.17) is 0 Å². The first-order valence-corrected chi connectivity index (χ1v) is 9.33. The molecule has 5 nitrogen and oxygen atoms in total. The maximum absolute atomic E-state index is 12.3. The minimum absolute atomic E-state index is 0.0520. The van der Waals surface area contributed by atoms with Gasteiger partial charge in [0, 0.05) is 18.7 Å². The molecule has 2 rings (SSSR count). The zero-order valence-corrected chi connectivity index (χ0v) is 15.5. The Morgan fingerprint density at radius 2 is 2.20 bits per heavy atom. The number of hydrogen-bond acceptors (Lipinski definition) is 4. The number of aliphatic hydroxyl groups excluding tert-OH is 1. The van der Waals surface area contributed by atoms with Crippen molar-refractivity contribution in [3.05, 3.63) is 35.4 Å². The van der Waals surface area contributed by atoms with Crippen molar-refractivity contribution >= 4 is 5.91 Å². The molecule has 5 heteroatoms. The van der Waals surface area contributed by atoms with E-state index in [9.17, 15) is 15.0 Å². The van der Waals surface area contributed by atoms with Crippen LogP contribution in [0.25, 0.3) is 0 Å². The molecular weight excluding hydrogens is 316 g/mol. The Kier molecular flexibility index (Phi) is 7.41. The average Bonchev–Trinajstić information content (AvgIpc) is 2.56. The van der Waals surface area contributed by atoms with Crippen LogP contribution in [-0.2, 0) is 6.42 Å². The van der Waals surface area contributed by atoms with Gasteiger partial charge in [0.25, 0.3) is 5.91 Å². The van der Waals surface area contributed by atoms with Gasteiger partial charge in [-0.2, -0.15) is 0 Å². The topological polar surface area (TPSA) is 72.8 Å². The first-order valence-electron chi connectivity index (χ1n) is 9.33. The third kappa shape index (κ3) is 7.55. The zero-order valence-electron chi connectivity index (χ0n) is 15.5. The van der Waals surface area contributed by atoms with Gasteiger partial charge in [0.2, 0.25) is 0 Å². The summed E-state index contributed by atoms with van der Waals surface area (Å²) in [7, 11) is 0. The Balaban J connectivity index is 1.73. The molecule has 0 spiro atoms. The molecule has 1 aromatic carbocycles. The van der Waals surface area contributed by atoms with Crippen molar-refractivity contribution in [3.8, 4) is 0 Å². The third-order valence-corrected chi connectivity index (χ3v) is 4.63. The molecule has 1 aliphatic heterocycles. The quantitative estimate of drug-likeness (QED) is 0.628. The molecule has 1 atom stereocenters. The number of piperidine rings is 1. The number of nitrogens with one attached hydrogen (secondary N) is 1. The monoisotopic (exact) mass is 348 g/mol. The highest BCUT2D eigenvalue weighted by Gasteiger charge is 2.17. The number of carbonyl (C=O) groups excluding carboxylic acids is 1. The molecule has 3 N–H and O–H groups in total. The van der Waals surface area contributed by atoms with Crippen molar-refractivity contribution in [3.63, 3.8) is 0 Å². The number of nitrogens with zero attached hydrogens (tertiary/aromatic N) is 1. The Hall–Kier alpha value is -1.43. The summed E-state index contributed by atoms with van der Waals surface area (Å²) in [5.41, 5.74) is 1.04. The van der Waals surface area contributed by atoms with Gasteiger partial charge in [-0.05, 0) is 76.7 Å². The zero-order chi connectivity index (χ0) is 18.3. The minimum Gasteiger partial charge on any atom is -0.392 e. The van der Waals surface area contributed by atoms with Gasteiger partial charge < -0.3 is 20.4 Å². The minimum atomic E-state index is -0.694. The number of benzene rings is 1. The second kappa shape index (κ2) is 9.32. The van der Waals surface area contributed by atoms with Gasteiger partial charge >= 0.3 is 0 Å². The second-order valence-electron chi connectivity index (χ2n) is 7.72.